The Bertz CT molecular complexity index is 327. The Balaban J connectivity index is 2.43. The molecule has 0 saturated heterocycles. The van der Waals surface area contributed by atoms with Crippen molar-refractivity contribution in [2.75, 3.05) is 11.1 Å². The molecule has 70 valence electrons. The highest BCUT2D eigenvalue weighted by atomic mass is 16.3. The molecule has 0 saturated carbocycles. The van der Waals surface area contributed by atoms with Crippen LogP contribution in [0, 0.1) is 0 Å². The summed E-state index contributed by atoms with van der Waals surface area (Å²) in [4.78, 5) is 4.12. The summed E-state index contributed by atoms with van der Waals surface area (Å²) in [7, 11) is 0. The van der Waals surface area contributed by atoms with Crippen LogP contribution >= 0.6 is 0 Å². The Morgan fingerprint density at radius 2 is 2.38 bits per heavy atom. The summed E-state index contributed by atoms with van der Waals surface area (Å²) in [6.07, 6.45) is 0.218. The number of hydrogen-bond donors (Lipinski definition) is 3. The van der Waals surface area contributed by atoms with Crippen molar-refractivity contribution in [1.29, 1.82) is 0 Å². The first-order valence-corrected chi connectivity index (χ1v) is 4.38. The standard InChI is InChI=1S/C9H13N3O/c1-5-4-8(13)12-9-6(5)2-3-7(10)11-9/h2-3,5,8,13H,4H2,1H3,(H3,10,11,12)/t5-,8+/m0/s1. The van der Waals surface area contributed by atoms with Crippen molar-refractivity contribution in [2.24, 2.45) is 0 Å². The molecule has 4 N–H and O–H groups in total. The van der Waals surface area contributed by atoms with E-state index >= 15 is 0 Å². The predicted molar refractivity (Wildman–Crippen MR) is 51.3 cm³/mol. The molecule has 0 radical (unpaired) electrons. The van der Waals surface area contributed by atoms with Crippen molar-refractivity contribution >= 4 is 11.6 Å². The van der Waals surface area contributed by atoms with Gasteiger partial charge in [0, 0.05) is 0 Å². The number of anilines is 2. The van der Waals surface area contributed by atoms with E-state index in [1.807, 2.05) is 6.07 Å². The third-order valence-corrected chi connectivity index (χ3v) is 2.36. The highest BCUT2D eigenvalue weighted by Crippen LogP contribution is 2.32. The quantitative estimate of drug-likeness (QED) is 0.553. The van der Waals surface area contributed by atoms with Crippen LogP contribution in [0.5, 0.6) is 0 Å². The van der Waals surface area contributed by atoms with Gasteiger partial charge in [0.05, 0.1) is 0 Å². The smallest absolute Gasteiger partial charge is 0.133 e. The Morgan fingerprint density at radius 3 is 3.15 bits per heavy atom. The molecule has 2 heterocycles. The molecule has 0 spiro atoms. The number of fused-ring (bicyclic) bond motifs is 1. The summed E-state index contributed by atoms with van der Waals surface area (Å²) < 4.78 is 0. The number of nitrogen functional groups attached to an aromatic ring is 1. The molecule has 0 unspecified atom stereocenters. The van der Waals surface area contributed by atoms with Crippen LogP contribution in [0.15, 0.2) is 12.1 Å². The zero-order valence-corrected chi connectivity index (χ0v) is 7.49. The lowest BCUT2D eigenvalue weighted by Crippen LogP contribution is -2.27. The van der Waals surface area contributed by atoms with E-state index in [4.69, 9.17) is 5.73 Å². The Kier molecular flexibility index (Phi) is 1.84. The van der Waals surface area contributed by atoms with Crippen LogP contribution in [0.3, 0.4) is 0 Å². The molecular formula is C9H13N3O. The van der Waals surface area contributed by atoms with Crippen LogP contribution in [0.2, 0.25) is 0 Å². The molecule has 2 rings (SSSR count). The van der Waals surface area contributed by atoms with Crippen molar-refractivity contribution in [2.45, 2.75) is 25.5 Å². The molecule has 1 aromatic rings. The highest BCUT2D eigenvalue weighted by Gasteiger charge is 2.22. The predicted octanol–water partition coefficient (Wildman–Crippen LogP) is 0.901. The first-order valence-electron chi connectivity index (χ1n) is 4.38. The molecule has 1 aliphatic heterocycles. The van der Waals surface area contributed by atoms with Gasteiger partial charge in [-0.15, -0.1) is 0 Å². The van der Waals surface area contributed by atoms with Gasteiger partial charge < -0.3 is 16.2 Å². The van der Waals surface area contributed by atoms with Gasteiger partial charge in [0.15, 0.2) is 0 Å². The van der Waals surface area contributed by atoms with Crippen molar-refractivity contribution in [3.63, 3.8) is 0 Å². The SMILES string of the molecule is C[C@H]1C[C@@H](O)Nc2nc(N)ccc21. The van der Waals surface area contributed by atoms with Crippen molar-refractivity contribution < 1.29 is 5.11 Å². The van der Waals surface area contributed by atoms with Crippen LogP contribution in [0.4, 0.5) is 11.6 Å². The fraction of sp³-hybridized carbons (Fsp3) is 0.444. The average molecular weight is 179 g/mol. The lowest BCUT2D eigenvalue weighted by atomic mass is 9.94. The minimum absolute atomic E-state index is 0.333. The molecule has 4 nitrogen and oxygen atoms in total. The van der Waals surface area contributed by atoms with E-state index in [0.717, 1.165) is 12.0 Å². The summed E-state index contributed by atoms with van der Waals surface area (Å²) in [5, 5.41) is 12.3. The van der Waals surface area contributed by atoms with E-state index < -0.39 is 6.23 Å². The maximum atomic E-state index is 9.43. The number of nitrogens with zero attached hydrogens (tertiary/aromatic N) is 1. The minimum atomic E-state index is -0.503. The average Bonchev–Trinajstić information content (AvgIpc) is 2.02. The first-order chi connectivity index (χ1) is 6.16. The molecule has 4 heteroatoms. The Labute approximate surface area is 76.8 Å². The molecule has 1 aromatic heterocycles. The van der Waals surface area contributed by atoms with Crippen LogP contribution in [0.1, 0.15) is 24.8 Å². The van der Waals surface area contributed by atoms with E-state index in [2.05, 4.69) is 17.2 Å². The molecule has 13 heavy (non-hydrogen) atoms. The summed E-state index contributed by atoms with van der Waals surface area (Å²) in [6, 6.07) is 3.75. The van der Waals surface area contributed by atoms with Crippen molar-refractivity contribution in [1.82, 2.24) is 4.98 Å². The lowest BCUT2D eigenvalue weighted by Gasteiger charge is -2.27. The number of hydrogen-bond acceptors (Lipinski definition) is 4. The van der Waals surface area contributed by atoms with E-state index in [-0.39, 0.29) is 0 Å². The number of rotatable bonds is 0. The number of aliphatic hydroxyl groups is 1. The highest BCUT2D eigenvalue weighted by molar-refractivity contribution is 5.53. The fourth-order valence-corrected chi connectivity index (χ4v) is 1.68. The molecule has 0 aliphatic carbocycles. The maximum Gasteiger partial charge on any atom is 0.133 e. The van der Waals surface area contributed by atoms with E-state index in [0.29, 0.717) is 17.6 Å². The van der Waals surface area contributed by atoms with Crippen LogP contribution in [0.25, 0.3) is 0 Å². The van der Waals surface area contributed by atoms with Gasteiger partial charge in [0.2, 0.25) is 0 Å². The van der Waals surface area contributed by atoms with Gasteiger partial charge in [-0.2, -0.15) is 0 Å². The lowest BCUT2D eigenvalue weighted by molar-refractivity contribution is 0.179. The Hall–Kier alpha value is -1.29. The molecule has 0 amide bonds. The molecular weight excluding hydrogens is 166 g/mol. The second-order valence-corrected chi connectivity index (χ2v) is 3.47. The molecule has 2 atom stereocenters. The monoisotopic (exact) mass is 179 g/mol. The second kappa shape index (κ2) is 2.88. The number of nitrogens with two attached hydrogens (primary N) is 1. The normalized spacial score (nSPS) is 26.3. The second-order valence-electron chi connectivity index (χ2n) is 3.47. The number of aromatic nitrogens is 1. The molecule has 1 aliphatic rings. The molecule has 0 aromatic carbocycles. The van der Waals surface area contributed by atoms with Crippen LogP contribution in [-0.2, 0) is 0 Å². The van der Waals surface area contributed by atoms with Gasteiger partial charge in [-0.1, -0.05) is 13.0 Å². The molecule has 0 bridgehead atoms. The van der Waals surface area contributed by atoms with Gasteiger partial charge >= 0.3 is 0 Å². The zero-order valence-electron chi connectivity index (χ0n) is 7.49. The van der Waals surface area contributed by atoms with Crippen LogP contribution in [-0.4, -0.2) is 16.3 Å². The van der Waals surface area contributed by atoms with Gasteiger partial charge in [0.1, 0.15) is 17.9 Å². The molecule has 0 fully saturated rings. The van der Waals surface area contributed by atoms with Gasteiger partial charge in [0.25, 0.3) is 0 Å². The zero-order chi connectivity index (χ0) is 9.42. The van der Waals surface area contributed by atoms with Crippen molar-refractivity contribution in [3.8, 4) is 0 Å². The van der Waals surface area contributed by atoms with Crippen molar-refractivity contribution in [3.05, 3.63) is 17.7 Å². The van der Waals surface area contributed by atoms with Crippen LogP contribution < -0.4 is 11.1 Å². The van der Waals surface area contributed by atoms with Gasteiger partial charge in [-0.05, 0) is 24.0 Å². The topological polar surface area (TPSA) is 71.2 Å². The Morgan fingerprint density at radius 1 is 1.62 bits per heavy atom. The summed E-state index contributed by atoms with van der Waals surface area (Å²) >= 11 is 0. The third kappa shape index (κ3) is 1.45. The van der Waals surface area contributed by atoms with Gasteiger partial charge in [-0.25, -0.2) is 4.98 Å². The summed E-state index contributed by atoms with van der Waals surface area (Å²) in [5.41, 5.74) is 6.66. The first kappa shape index (κ1) is 8.31. The number of aliphatic hydroxyl groups excluding tert-OH is 1. The van der Waals surface area contributed by atoms with E-state index in [1.54, 1.807) is 6.07 Å². The summed E-state index contributed by atoms with van der Waals surface area (Å²) in [6.45, 7) is 2.07. The number of nitrogens with one attached hydrogen (secondary N) is 1. The fourth-order valence-electron chi connectivity index (χ4n) is 1.68. The van der Waals surface area contributed by atoms with E-state index in [1.165, 1.54) is 0 Å². The number of pyridine rings is 1. The maximum absolute atomic E-state index is 9.43. The summed E-state index contributed by atoms with van der Waals surface area (Å²) in [5.74, 6) is 1.53. The van der Waals surface area contributed by atoms with E-state index in [9.17, 15) is 5.11 Å². The largest absolute Gasteiger partial charge is 0.384 e. The minimum Gasteiger partial charge on any atom is -0.384 e. The third-order valence-electron chi connectivity index (χ3n) is 2.36. The van der Waals surface area contributed by atoms with Gasteiger partial charge in [-0.3, -0.25) is 0 Å².